The van der Waals surface area contributed by atoms with Crippen LogP contribution in [0.3, 0.4) is 0 Å². The molecule has 18 heavy (non-hydrogen) atoms. The first-order valence-electron chi connectivity index (χ1n) is 6.33. The third kappa shape index (κ3) is 1.67. The van der Waals surface area contributed by atoms with Gasteiger partial charge in [0, 0.05) is 29.1 Å². The van der Waals surface area contributed by atoms with E-state index in [1.54, 1.807) is 0 Å². The summed E-state index contributed by atoms with van der Waals surface area (Å²) in [5, 5.41) is 1.38. The molecule has 3 aliphatic rings. The molecule has 1 aromatic rings. The highest BCUT2D eigenvalue weighted by Gasteiger charge is 2.53. The number of ketones is 1. The van der Waals surface area contributed by atoms with Crippen LogP contribution in [0.1, 0.15) is 28.8 Å². The normalized spacial score (nSPS) is 36.7. The molecule has 0 N–H and O–H groups in total. The molecule has 2 heterocycles. The summed E-state index contributed by atoms with van der Waals surface area (Å²) in [5.74, 6) is 1.40. The molecule has 0 spiro atoms. The van der Waals surface area contributed by atoms with Crippen LogP contribution in [-0.4, -0.2) is 16.3 Å². The van der Waals surface area contributed by atoms with Crippen molar-refractivity contribution in [3.63, 3.8) is 0 Å². The molecular formula is C14H12I2OS. The van der Waals surface area contributed by atoms with Crippen LogP contribution in [0.5, 0.6) is 0 Å². The zero-order valence-corrected chi connectivity index (χ0v) is 14.8. The zero-order chi connectivity index (χ0) is 12.4. The topological polar surface area (TPSA) is 17.1 Å². The van der Waals surface area contributed by atoms with E-state index in [0.29, 0.717) is 22.9 Å². The fourth-order valence-corrected chi connectivity index (χ4v) is 7.86. The second kappa shape index (κ2) is 4.35. The predicted molar refractivity (Wildman–Crippen MR) is 91.3 cm³/mol. The predicted octanol–water partition coefficient (Wildman–Crippen LogP) is 4.14. The van der Waals surface area contributed by atoms with E-state index in [1.165, 1.54) is 25.5 Å². The van der Waals surface area contributed by atoms with E-state index in [4.69, 9.17) is 0 Å². The molecule has 0 radical (unpaired) electrons. The van der Waals surface area contributed by atoms with Crippen LogP contribution in [0, 0.1) is 19.0 Å². The van der Waals surface area contributed by atoms with Crippen LogP contribution in [0.2, 0.25) is 0 Å². The molecular weight excluding hydrogens is 470 g/mol. The van der Waals surface area contributed by atoms with Crippen LogP contribution in [-0.2, 0) is 6.42 Å². The standard InChI is InChI=1S/C14H12I2OS/c15-6-3-8-7(10(16)4-6)5-9-11-1-2-12(18-11)13(9)14(8)17/h3-4,9,11-13H,1-2,5H2. The molecule has 0 aromatic heterocycles. The van der Waals surface area contributed by atoms with Gasteiger partial charge in [0.15, 0.2) is 5.78 Å². The fraction of sp³-hybridized carbons (Fsp3) is 0.500. The Morgan fingerprint density at radius 2 is 1.94 bits per heavy atom. The molecule has 4 rings (SSSR count). The number of halogens is 2. The second-order valence-corrected chi connectivity index (χ2v) is 9.35. The molecule has 4 heteroatoms. The molecule has 0 saturated carbocycles. The number of fused-ring (bicyclic) bond motifs is 6. The van der Waals surface area contributed by atoms with E-state index in [9.17, 15) is 4.79 Å². The Bertz CT molecular complexity index is 557. The van der Waals surface area contributed by atoms with Gasteiger partial charge in [-0.25, -0.2) is 0 Å². The van der Waals surface area contributed by atoms with Crippen LogP contribution in [0.4, 0.5) is 0 Å². The molecule has 2 saturated heterocycles. The smallest absolute Gasteiger partial charge is 0.167 e. The summed E-state index contributed by atoms with van der Waals surface area (Å²) in [5.41, 5.74) is 2.36. The SMILES string of the molecule is O=C1c2cc(I)cc(I)c2CC2C3CCC(S3)C12. The lowest BCUT2D eigenvalue weighted by Gasteiger charge is -2.34. The molecule has 1 aliphatic carbocycles. The lowest BCUT2D eigenvalue weighted by molar-refractivity contribution is 0.0836. The summed E-state index contributed by atoms with van der Waals surface area (Å²) in [6.07, 6.45) is 3.73. The zero-order valence-electron chi connectivity index (χ0n) is 9.66. The van der Waals surface area contributed by atoms with Crippen molar-refractivity contribution < 1.29 is 4.79 Å². The maximum atomic E-state index is 12.8. The molecule has 4 unspecified atom stereocenters. The molecule has 1 aromatic carbocycles. The first kappa shape index (κ1) is 12.4. The van der Waals surface area contributed by atoms with Gasteiger partial charge >= 0.3 is 0 Å². The van der Waals surface area contributed by atoms with Crippen LogP contribution in [0.25, 0.3) is 0 Å². The molecule has 2 aliphatic heterocycles. The van der Waals surface area contributed by atoms with E-state index < -0.39 is 0 Å². The Balaban J connectivity index is 1.86. The van der Waals surface area contributed by atoms with E-state index in [1.807, 2.05) is 0 Å². The Kier molecular flexibility index (Phi) is 3.00. The summed E-state index contributed by atoms with van der Waals surface area (Å²) in [6.45, 7) is 0. The fourth-order valence-electron chi connectivity index (χ4n) is 3.84. The average Bonchev–Trinajstić information content (AvgIpc) is 2.91. The Hall–Kier alpha value is 0.700. The van der Waals surface area contributed by atoms with Crippen molar-refractivity contribution in [2.24, 2.45) is 11.8 Å². The lowest BCUT2D eigenvalue weighted by atomic mass is 9.68. The maximum absolute atomic E-state index is 12.8. The first-order chi connectivity index (χ1) is 8.65. The summed E-state index contributed by atoms with van der Waals surface area (Å²) in [4.78, 5) is 12.8. The molecule has 0 amide bonds. The number of Topliss-reactive ketones (excluding diaryl/α,β-unsaturated/α-hetero) is 1. The highest BCUT2D eigenvalue weighted by molar-refractivity contribution is 14.1. The van der Waals surface area contributed by atoms with E-state index in [-0.39, 0.29) is 0 Å². The molecule has 94 valence electrons. The molecule has 4 atom stereocenters. The third-order valence-corrected chi connectivity index (χ3v) is 7.99. The largest absolute Gasteiger partial charge is 0.294 e. The minimum atomic E-state index is 0.329. The van der Waals surface area contributed by atoms with Gasteiger partial charge in [-0.1, -0.05) is 0 Å². The van der Waals surface area contributed by atoms with Crippen molar-refractivity contribution in [3.05, 3.63) is 30.4 Å². The van der Waals surface area contributed by atoms with Crippen molar-refractivity contribution in [2.75, 3.05) is 0 Å². The Morgan fingerprint density at radius 3 is 2.78 bits per heavy atom. The summed E-state index contributed by atoms with van der Waals surface area (Å²) >= 11 is 6.82. The van der Waals surface area contributed by atoms with Crippen LogP contribution < -0.4 is 0 Å². The molecule has 2 fully saturated rings. The summed E-state index contributed by atoms with van der Waals surface area (Å²) < 4.78 is 2.48. The maximum Gasteiger partial charge on any atom is 0.167 e. The highest BCUT2D eigenvalue weighted by Crippen LogP contribution is 2.57. The van der Waals surface area contributed by atoms with Crippen LogP contribution in [0.15, 0.2) is 12.1 Å². The first-order valence-corrected chi connectivity index (χ1v) is 9.43. The number of hydrogen-bond donors (Lipinski definition) is 0. The number of thioether (sulfide) groups is 1. The van der Waals surface area contributed by atoms with Crippen molar-refractivity contribution in [1.82, 2.24) is 0 Å². The third-order valence-electron chi connectivity index (χ3n) is 4.59. The second-order valence-electron chi connectivity index (χ2n) is 5.46. The number of carbonyl (C=O) groups excluding carboxylic acids is 1. The van der Waals surface area contributed by atoms with Crippen molar-refractivity contribution in [2.45, 2.75) is 29.8 Å². The van der Waals surface area contributed by atoms with Crippen molar-refractivity contribution in [3.8, 4) is 0 Å². The van der Waals surface area contributed by atoms with Gasteiger partial charge in [-0.15, -0.1) is 0 Å². The minimum absolute atomic E-state index is 0.329. The molecule has 1 nitrogen and oxygen atoms in total. The van der Waals surface area contributed by atoms with Crippen molar-refractivity contribution in [1.29, 1.82) is 0 Å². The van der Waals surface area contributed by atoms with Gasteiger partial charge in [-0.2, -0.15) is 11.8 Å². The lowest BCUT2D eigenvalue weighted by Crippen LogP contribution is -2.39. The van der Waals surface area contributed by atoms with Gasteiger partial charge < -0.3 is 0 Å². The quantitative estimate of drug-likeness (QED) is 0.518. The Morgan fingerprint density at radius 1 is 1.17 bits per heavy atom. The summed E-state index contributed by atoms with van der Waals surface area (Å²) in [7, 11) is 0. The summed E-state index contributed by atoms with van der Waals surface area (Å²) in [6, 6.07) is 4.31. The van der Waals surface area contributed by atoms with Gasteiger partial charge in [0.2, 0.25) is 0 Å². The average molecular weight is 482 g/mol. The van der Waals surface area contributed by atoms with Gasteiger partial charge in [0.1, 0.15) is 0 Å². The monoisotopic (exact) mass is 482 g/mol. The van der Waals surface area contributed by atoms with Gasteiger partial charge in [0.05, 0.1) is 0 Å². The highest BCUT2D eigenvalue weighted by atomic mass is 127. The van der Waals surface area contributed by atoms with E-state index >= 15 is 0 Å². The van der Waals surface area contributed by atoms with E-state index in [0.717, 1.165) is 17.2 Å². The van der Waals surface area contributed by atoms with Gasteiger partial charge in [-0.05, 0) is 88.1 Å². The van der Waals surface area contributed by atoms with Crippen LogP contribution >= 0.6 is 56.9 Å². The number of rotatable bonds is 0. The van der Waals surface area contributed by atoms with E-state index in [2.05, 4.69) is 69.1 Å². The number of hydrogen-bond acceptors (Lipinski definition) is 2. The van der Waals surface area contributed by atoms with Gasteiger partial charge in [0.25, 0.3) is 0 Å². The molecule has 2 bridgehead atoms. The number of benzene rings is 1. The Labute approximate surface area is 138 Å². The van der Waals surface area contributed by atoms with Gasteiger partial charge in [-0.3, -0.25) is 4.79 Å². The number of carbonyl (C=O) groups is 1. The minimum Gasteiger partial charge on any atom is -0.294 e. The van der Waals surface area contributed by atoms with Crippen molar-refractivity contribution >= 4 is 62.7 Å².